The number of fused-ring (bicyclic) bond motifs is 1. The summed E-state index contributed by atoms with van der Waals surface area (Å²) in [6, 6.07) is 15.0. The van der Waals surface area contributed by atoms with Gasteiger partial charge in [0.2, 0.25) is 0 Å². The Morgan fingerprint density at radius 2 is 2.05 bits per heavy atom. The van der Waals surface area contributed by atoms with Crippen LogP contribution >= 0.6 is 15.9 Å². The van der Waals surface area contributed by atoms with Crippen LogP contribution in [0.15, 0.2) is 46.9 Å². The van der Waals surface area contributed by atoms with Crippen molar-refractivity contribution in [2.24, 2.45) is 5.73 Å². The van der Waals surface area contributed by atoms with E-state index in [2.05, 4.69) is 52.3 Å². The zero-order chi connectivity index (χ0) is 14.9. The molecule has 0 amide bonds. The summed E-state index contributed by atoms with van der Waals surface area (Å²) in [7, 11) is 1.69. The Balaban J connectivity index is 1.94. The molecule has 110 valence electrons. The molecule has 2 aromatic rings. The number of halogens is 1. The van der Waals surface area contributed by atoms with Crippen molar-refractivity contribution < 1.29 is 4.74 Å². The van der Waals surface area contributed by atoms with Crippen molar-refractivity contribution in [1.82, 2.24) is 0 Å². The van der Waals surface area contributed by atoms with Crippen LogP contribution in [0.4, 0.5) is 0 Å². The van der Waals surface area contributed by atoms with E-state index in [4.69, 9.17) is 10.5 Å². The Morgan fingerprint density at radius 3 is 2.76 bits per heavy atom. The molecule has 0 saturated heterocycles. The second-order valence-electron chi connectivity index (χ2n) is 5.79. The highest BCUT2D eigenvalue weighted by Crippen LogP contribution is 2.41. The van der Waals surface area contributed by atoms with E-state index < -0.39 is 0 Å². The monoisotopic (exact) mass is 345 g/mol. The molecule has 1 unspecified atom stereocenters. The highest BCUT2D eigenvalue weighted by atomic mass is 79.9. The maximum absolute atomic E-state index is 6.19. The number of hydrogen-bond acceptors (Lipinski definition) is 2. The molecule has 0 heterocycles. The first-order valence-electron chi connectivity index (χ1n) is 7.29. The summed E-state index contributed by atoms with van der Waals surface area (Å²) in [5.74, 6) is 0.868. The number of methoxy groups -OCH3 is 1. The minimum Gasteiger partial charge on any atom is -0.496 e. The number of ether oxygens (including phenoxy) is 1. The summed E-state index contributed by atoms with van der Waals surface area (Å²) >= 11 is 3.57. The molecule has 1 aliphatic carbocycles. The van der Waals surface area contributed by atoms with Crippen molar-refractivity contribution in [1.29, 1.82) is 0 Å². The van der Waals surface area contributed by atoms with E-state index in [0.717, 1.165) is 29.5 Å². The van der Waals surface area contributed by atoms with Crippen molar-refractivity contribution in [2.75, 3.05) is 13.7 Å². The van der Waals surface area contributed by atoms with E-state index in [1.54, 1.807) is 7.11 Å². The number of nitrogens with two attached hydrogens (primary N) is 1. The highest BCUT2D eigenvalue weighted by Gasteiger charge is 2.37. The summed E-state index contributed by atoms with van der Waals surface area (Å²) in [6.45, 7) is 0.688. The normalized spacial score (nSPS) is 20.3. The van der Waals surface area contributed by atoms with Gasteiger partial charge in [0.15, 0.2) is 0 Å². The Bertz CT molecular complexity index is 655. The van der Waals surface area contributed by atoms with Crippen LogP contribution < -0.4 is 10.5 Å². The van der Waals surface area contributed by atoms with Gasteiger partial charge in [-0.25, -0.2) is 0 Å². The largest absolute Gasteiger partial charge is 0.496 e. The third kappa shape index (κ3) is 2.60. The van der Waals surface area contributed by atoms with Crippen LogP contribution in [0.2, 0.25) is 0 Å². The van der Waals surface area contributed by atoms with Gasteiger partial charge in [-0.1, -0.05) is 30.3 Å². The minimum atomic E-state index is 0.0740. The van der Waals surface area contributed by atoms with Gasteiger partial charge >= 0.3 is 0 Å². The first-order valence-corrected chi connectivity index (χ1v) is 8.09. The third-order valence-corrected chi connectivity index (χ3v) is 5.23. The molecule has 1 atom stereocenters. The standard InChI is InChI=1S/C18H20BrNO/c1-21-17-7-6-13(10-16(17)19)11-18(12-20)9-8-14-4-2-3-5-15(14)18/h2-7,10H,8-9,11-12,20H2,1H3. The summed E-state index contributed by atoms with van der Waals surface area (Å²) in [5, 5.41) is 0. The third-order valence-electron chi connectivity index (χ3n) is 4.61. The van der Waals surface area contributed by atoms with E-state index in [1.807, 2.05) is 6.07 Å². The van der Waals surface area contributed by atoms with Gasteiger partial charge in [0.05, 0.1) is 11.6 Å². The fraction of sp³-hybridized carbons (Fsp3) is 0.333. The Morgan fingerprint density at radius 1 is 1.24 bits per heavy atom. The lowest BCUT2D eigenvalue weighted by Crippen LogP contribution is -2.35. The van der Waals surface area contributed by atoms with E-state index >= 15 is 0 Å². The van der Waals surface area contributed by atoms with Gasteiger partial charge in [0.25, 0.3) is 0 Å². The van der Waals surface area contributed by atoms with Gasteiger partial charge in [0.1, 0.15) is 5.75 Å². The van der Waals surface area contributed by atoms with Crippen LogP contribution in [0.1, 0.15) is 23.1 Å². The number of aryl methyl sites for hydroxylation is 1. The average molecular weight is 346 g/mol. The Kier molecular flexibility index (Phi) is 4.05. The van der Waals surface area contributed by atoms with Gasteiger partial charge in [0, 0.05) is 12.0 Å². The molecule has 3 heteroatoms. The molecule has 1 aliphatic rings. The summed E-state index contributed by atoms with van der Waals surface area (Å²) < 4.78 is 6.31. The molecular formula is C18H20BrNO. The first-order chi connectivity index (χ1) is 10.2. The van der Waals surface area contributed by atoms with Crippen molar-refractivity contribution in [3.8, 4) is 5.75 Å². The molecule has 3 rings (SSSR count). The second-order valence-corrected chi connectivity index (χ2v) is 6.64. The zero-order valence-electron chi connectivity index (χ0n) is 12.2. The van der Waals surface area contributed by atoms with Crippen LogP contribution in [0.25, 0.3) is 0 Å². The second kappa shape index (κ2) is 5.82. The number of rotatable bonds is 4. The van der Waals surface area contributed by atoms with Crippen LogP contribution in [0, 0.1) is 0 Å². The fourth-order valence-corrected chi connectivity index (χ4v) is 4.03. The lowest BCUT2D eigenvalue weighted by molar-refractivity contribution is 0.410. The van der Waals surface area contributed by atoms with Crippen LogP contribution in [0.3, 0.4) is 0 Å². The van der Waals surface area contributed by atoms with Gasteiger partial charge in [-0.15, -0.1) is 0 Å². The predicted octanol–water partition coefficient (Wildman–Crippen LogP) is 3.84. The van der Waals surface area contributed by atoms with E-state index in [0.29, 0.717) is 6.54 Å². The zero-order valence-corrected chi connectivity index (χ0v) is 13.8. The van der Waals surface area contributed by atoms with Crippen LogP contribution in [-0.2, 0) is 18.3 Å². The topological polar surface area (TPSA) is 35.2 Å². The lowest BCUT2D eigenvalue weighted by Gasteiger charge is -2.29. The number of hydrogen-bond donors (Lipinski definition) is 1. The Labute approximate surface area is 134 Å². The molecule has 0 radical (unpaired) electrons. The molecule has 0 aliphatic heterocycles. The minimum absolute atomic E-state index is 0.0740. The summed E-state index contributed by atoms with van der Waals surface area (Å²) in [6.07, 6.45) is 3.24. The maximum Gasteiger partial charge on any atom is 0.133 e. The van der Waals surface area contributed by atoms with Gasteiger partial charge in [-0.05, 0) is 64.0 Å². The molecule has 0 spiro atoms. The lowest BCUT2D eigenvalue weighted by atomic mass is 9.76. The van der Waals surface area contributed by atoms with E-state index in [-0.39, 0.29) is 5.41 Å². The molecule has 0 saturated carbocycles. The van der Waals surface area contributed by atoms with E-state index in [1.165, 1.54) is 16.7 Å². The van der Waals surface area contributed by atoms with Crippen molar-refractivity contribution in [3.63, 3.8) is 0 Å². The Hall–Kier alpha value is -1.32. The first kappa shape index (κ1) is 14.6. The SMILES string of the molecule is COc1ccc(CC2(CN)CCc3ccccc32)cc1Br. The summed E-state index contributed by atoms with van der Waals surface area (Å²) in [4.78, 5) is 0. The molecule has 0 aromatic heterocycles. The molecule has 0 bridgehead atoms. The fourth-order valence-electron chi connectivity index (χ4n) is 3.44. The average Bonchev–Trinajstić information content (AvgIpc) is 2.87. The van der Waals surface area contributed by atoms with Crippen LogP contribution in [-0.4, -0.2) is 13.7 Å². The quantitative estimate of drug-likeness (QED) is 0.913. The number of benzene rings is 2. The van der Waals surface area contributed by atoms with Crippen LogP contribution in [0.5, 0.6) is 5.75 Å². The molecule has 0 fully saturated rings. The predicted molar refractivity (Wildman–Crippen MR) is 89.9 cm³/mol. The maximum atomic E-state index is 6.19. The molecule has 2 nitrogen and oxygen atoms in total. The van der Waals surface area contributed by atoms with E-state index in [9.17, 15) is 0 Å². The smallest absolute Gasteiger partial charge is 0.133 e. The molecule has 2 N–H and O–H groups in total. The van der Waals surface area contributed by atoms with Gasteiger partial charge < -0.3 is 10.5 Å². The van der Waals surface area contributed by atoms with Crippen molar-refractivity contribution in [3.05, 3.63) is 63.6 Å². The summed E-state index contributed by atoms with van der Waals surface area (Å²) in [5.41, 5.74) is 10.4. The van der Waals surface area contributed by atoms with Gasteiger partial charge in [-0.2, -0.15) is 0 Å². The molecule has 21 heavy (non-hydrogen) atoms. The highest BCUT2D eigenvalue weighted by molar-refractivity contribution is 9.10. The molecular weight excluding hydrogens is 326 g/mol. The van der Waals surface area contributed by atoms with Crippen molar-refractivity contribution in [2.45, 2.75) is 24.7 Å². The molecule has 2 aromatic carbocycles. The van der Waals surface area contributed by atoms with Gasteiger partial charge in [-0.3, -0.25) is 0 Å². The van der Waals surface area contributed by atoms with Crippen molar-refractivity contribution >= 4 is 15.9 Å².